The van der Waals surface area contributed by atoms with E-state index in [2.05, 4.69) is 4.98 Å². The molecule has 0 bridgehead atoms. The van der Waals surface area contributed by atoms with E-state index >= 15 is 0 Å². The molecule has 3 rings (SSSR count). The van der Waals surface area contributed by atoms with Gasteiger partial charge in [0.2, 0.25) is 0 Å². The van der Waals surface area contributed by atoms with Gasteiger partial charge < -0.3 is 15.0 Å². The lowest BCUT2D eigenvalue weighted by molar-refractivity contribution is 0.0709. The number of aliphatic hydroxyl groups is 1. The minimum Gasteiger partial charge on any atom is -0.395 e. The molecule has 2 aromatic carbocycles. The van der Waals surface area contributed by atoms with Crippen molar-refractivity contribution in [2.45, 2.75) is 6.54 Å². The fourth-order valence-electron chi connectivity index (χ4n) is 2.66. The summed E-state index contributed by atoms with van der Waals surface area (Å²) in [5.74, 6) is -0.741. The Labute approximate surface area is 133 Å². The number of H-pyrrole nitrogens is 1. The highest BCUT2D eigenvalue weighted by Crippen LogP contribution is 2.23. The van der Waals surface area contributed by atoms with Crippen LogP contribution in [0.4, 0.5) is 4.39 Å². The molecule has 0 radical (unpaired) electrons. The summed E-state index contributed by atoms with van der Waals surface area (Å²) in [6.45, 7) is 0.402. The van der Waals surface area contributed by atoms with Crippen LogP contribution in [0.2, 0.25) is 0 Å². The average molecular weight is 312 g/mol. The molecule has 0 aliphatic heterocycles. The molecule has 0 unspecified atom stereocenters. The summed E-state index contributed by atoms with van der Waals surface area (Å²) in [7, 11) is 0. The molecule has 23 heavy (non-hydrogen) atoms. The highest BCUT2D eigenvalue weighted by atomic mass is 19.1. The fraction of sp³-hybridized carbons (Fsp3) is 0.167. The number of benzene rings is 2. The number of aliphatic hydroxyl groups excluding tert-OH is 1. The molecule has 3 aromatic rings. The Morgan fingerprint density at radius 1 is 1.13 bits per heavy atom. The van der Waals surface area contributed by atoms with Gasteiger partial charge in [0.25, 0.3) is 5.91 Å². The molecule has 0 saturated heterocycles. The molecule has 0 fully saturated rings. The molecule has 1 heterocycles. The Bertz CT molecular complexity index is 814. The molecule has 118 valence electrons. The van der Waals surface area contributed by atoms with E-state index in [1.54, 1.807) is 12.1 Å². The summed E-state index contributed by atoms with van der Waals surface area (Å²) in [6.07, 6.45) is 1.52. The zero-order chi connectivity index (χ0) is 16.2. The van der Waals surface area contributed by atoms with E-state index in [4.69, 9.17) is 0 Å². The van der Waals surface area contributed by atoms with Crippen LogP contribution in [-0.4, -0.2) is 34.0 Å². The van der Waals surface area contributed by atoms with Gasteiger partial charge in [-0.25, -0.2) is 4.39 Å². The first-order valence-electron chi connectivity index (χ1n) is 7.40. The Kier molecular flexibility index (Phi) is 4.39. The Balaban J connectivity index is 1.94. The molecular formula is C18H17FN2O2. The number of aromatic amines is 1. The molecule has 0 aliphatic carbocycles. The third-order valence-electron chi connectivity index (χ3n) is 3.76. The average Bonchev–Trinajstić information content (AvgIpc) is 3.00. The van der Waals surface area contributed by atoms with Crippen LogP contribution in [-0.2, 0) is 6.54 Å². The number of halogens is 1. The molecule has 2 N–H and O–H groups in total. The van der Waals surface area contributed by atoms with E-state index in [1.807, 2.05) is 30.3 Å². The van der Waals surface area contributed by atoms with Crippen molar-refractivity contribution >= 4 is 16.8 Å². The number of hydrogen-bond acceptors (Lipinski definition) is 2. The summed E-state index contributed by atoms with van der Waals surface area (Å²) in [5, 5.41) is 9.54. The number of rotatable bonds is 5. The topological polar surface area (TPSA) is 56.3 Å². The van der Waals surface area contributed by atoms with Crippen molar-refractivity contribution < 1.29 is 14.3 Å². The number of amides is 1. The monoisotopic (exact) mass is 312 g/mol. The smallest absolute Gasteiger partial charge is 0.256 e. The number of nitrogens with zero attached hydrogens (tertiary/aromatic N) is 1. The largest absolute Gasteiger partial charge is 0.395 e. The molecule has 5 heteroatoms. The van der Waals surface area contributed by atoms with E-state index < -0.39 is 5.82 Å². The second kappa shape index (κ2) is 6.62. The van der Waals surface area contributed by atoms with E-state index in [-0.39, 0.29) is 30.0 Å². The molecule has 4 nitrogen and oxygen atoms in total. The van der Waals surface area contributed by atoms with Gasteiger partial charge in [-0.1, -0.05) is 36.4 Å². The summed E-state index contributed by atoms with van der Waals surface area (Å²) in [6, 6.07) is 14.2. The van der Waals surface area contributed by atoms with Gasteiger partial charge >= 0.3 is 0 Å². The van der Waals surface area contributed by atoms with Crippen LogP contribution in [0.25, 0.3) is 10.9 Å². The summed E-state index contributed by atoms with van der Waals surface area (Å²) in [5.41, 5.74) is 1.81. The Morgan fingerprint density at radius 2 is 1.91 bits per heavy atom. The molecule has 0 atom stereocenters. The molecule has 0 aliphatic rings. The Hall–Kier alpha value is -2.66. The minimum absolute atomic E-state index is 0.149. The first kappa shape index (κ1) is 15.2. The van der Waals surface area contributed by atoms with Gasteiger partial charge in [-0.15, -0.1) is 0 Å². The maximum atomic E-state index is 14.1. The normalized spacial score (nSPS) is 10.9. The summed E-state index contributed by atoms with van der Waals surface area (Å²) >= 11 is 0. The number of carbonyl (C=O) groups excluding carboxylic acids is 1. The lowest BCUT2D eigenvalue weighted by Gasteiger charge is -2.21. The van der Waals surface area contributed by atoms with Crippen LogP contribution in [0.15, 0.2) is 54.7 Å². The van der Waals surface area contributed by atoms with Crippen molar-refractivity contribution in [3.63, 3.8) is 0 Å². The van der Waals surface area contributed by atoms with Gasteiger partial charge in [-0.3, -0.25) is 4.79 Å². The van der Waals surface area contributed by atoms with Crippen molar-refractivity contribution in [2.24, 2.45) is 0 Å². The molecule has 0 spiro atoms. The van der Waals surface area contributed by atoms with Crippen molar-refractivity contribution in [2.75, 3.05) is 13.2 Å². The first-order valence-corrected chi connectivity index (χ1v) is 7.40. The van der Waals surface area contributed by atoms with Crippen LogP contribution >= 0.6 is 0 Å². The second-order valence-electron chi connectivity index (χ2n) is 5.30. The van der Waals surface area contributed by atoms with Crippen molar-refractivity contribution in [3.05, 3.63) is 71.7 Å². The predicted octanol–water partition coefficient (Wildman–Crippen LogP) is 2.94. The standard InChI is InChI=1S/C18H17FN2O2/c19-15-7-4-8-16-17(15)14(11-20-16)18(23)21(9-10-22)12-13-5-2-1-3-6-13/h1-8,11,20,22H,9-10,12H2. The summed E-state index contributed by atoms with van der Waals surface area (Å²) in [4.78, 5) is 17.2. The van der Waals surface area contributed by atoms with E-state index in [0.29, 0.717) is 12.1 Å². The van der Waals surface area contributed by atoms with Gasteiger partial charge in [-0.05, 0) is 17.7 Å². The van der Waals surface area contributed by atoms with E-state index in [9.17, 15) is 14.3 Å². The first-order chi connectivity index (χ1) is 11.2. The molecule has 1 amide bonds. The van der Waals surface area contributed by atoms with Gasteiger partial charge in [0.05, 0.1) is 12.2 Å². The third-order valence-corrected chi connectivity index (χ3v) is 3.76. The lowest BCUT2D eigenvalue weighted by atomic mass is 10.1. The van der Waals surface area contributed by atoms with E-state index in [0.717, 1.165) is 5.56 Å². The van der Waals surface area contributed by atoms with Gasteiger partial charge in [0.15, 0.2) is 0 Å². The van der Waals surface area contributed by atoms with Gasteiger partial charge in [0, 0.05) is 30.2 Å². The van der Waals surface area contributed by atoms with E-state index in [1.165, 1.54) is 17.2 Å². The molecule has 1 aromatic heterocycles. The van der Waals surface area contributed by atoms with Gasteiger partial charge in [-0.2, -0.15) is 0 Å². The third kappa shape index (κ3) is 3.10. The number of nitrogens with one attached hydrogen (secondary N) is 1. The maximum Gasteiger partial charge on any atom is 0.256 e. The molecular weight excluding hydrogens is 295 g/mol. The highest BCUT2D eigenvalue weighted by Gasteiger charge is 2.21. The number of fused-ring (bicyclic) bond motifs is 1. The predicted molar refractivity (Wildman–Crippen MR) is 86.5 cm³/mol. The lowest BCUT2D eigenvalue weighted by Crippen LogP contribution is -2.33. The van der Waals surface area contributed by atoms with Crippen LogP contribution in [0.1, 0.15) is 15.9 Å². The number of hydrogen-bond donors (Lipinski definition) is 2. The van der Waals surface area contributed by atoms with Crippen LogP contribution in [0.5, 0.6) is 0 Å². The van der Waals surface area contributed by atoms with Crippen molar-refractivity contribution in [1.82, 2.24) is 9.88 Å². The SMILES string of the molecule is O=C(c1c[nH]c2cccc(F)c12)N(CCO)Cc1ccccc1. The van der Waals surface area contributed by atoms with Crippen LogP contribution in [0, 0.1) is 5.82 Å². The minimum atomic E-state index is -0.434. The zero-order valence-electron chi connectivity index (χ0n) is 12.5. The highest BCUT2D eigenvalue weighted by molar-refractivity contribution is 6.06. The van der Waals surface area contributed by atoms with Crippen molar-refractivity contribution in [1.29, 1.82) is 0 Å². The van der Waals surface area contributed by atoms with Crippen LogP contribution < -0.4 is 0 Å². The number of aromatic nitrogens is 1. The van der Waals surface area contributed by atoms with Crippen LogP contribution in [0.3, 0.4) is 0 Å². The van der Waals surface area contributed by atoms with Crippen molar-refractivity contribution in [3.8, 4) is 0 Å². The number of carbonyl (C=O) groups is 1. The molecule has 0 saturated carbocycles. The quantitative estimate of drug-likeness (QED) is 0.761. The second-order valence-corrected chi connectivity index (χ2v) is 5.30. The zero-order valence-corrected chi connectivity index (χ0v) is 12.5. The fourth-order valence-corrected chi connectivity index (χ4v) is 2.66. The maximum absolute atomic E-state index is 14.1. The summed E-state index contributed by atoms with van der Waals surface area (Å²) < 4.78 is 14.1. The van der Waals surface area contributed by atoms with Gasteiger partial charge in [0.1, 0.15) is 5.82 Å². The Morgan fingerprint density at radius 3 is 2.65 bits per heavy atom.